The van der Waals surface area contributed by atoms with E-state index in [4.69, 9.17) is 10.5 Å². The topological polar surface area (TPSA) is 64.3 Å². The molecule has 0 aromatic heterocycles. The molecule has 0 heterocycles. The van der Waals surface area contributed by atoms with Gasteiger partial charge >= 0.3 is 0 Å². The molecule has 6 heteroatoms. The first-order valence-electron chi connectivity index (χ1n) is 6.13. The summed E-state index contributed by atoms with van der Waals surface area (Å²) < 4.78 is 6.86. The molecule has 0 atom stereocenters. The van der Waals surface area contributed by atoms with Crippen LogP contribution in [-0.4, -0.2) is 13.0 Å². The Hall–Kier alpha value is -1.53. The first-order chi connectivity index (χ1) is 9.92. The predicted octanol–water partition coefficient (Wildman–Crippen LogP) is 4.36. The Kier molecular flexibility index (Phi) is 4.90. The summed E-state index contributed by atoms with van der Waals surface area (Å²) in [7, 11) is 1.56. The molecular formula is C15H14Br2N2O2. The SMILES string of the molecule is COc1ccc(Br)cc1NC(=O)c1cc(Br)cc(N)c1C. The molecule has 0 spiro atoms. The van der Waals surface area contributed by atoms with Crippen molar-refractivity contribution >= 4 is 49.1 Å². The second-order valence-electron chi connectivity index (χ2n) is 4.47. The van der Waals surface area contributed by atoms with Gasteiger partial charge in [0, 0.05) is 20.2 Å². The van der Waals surface area contributed by atoms with E-state index in [0.29, 0.717) is 22.7 Å². The number of halogens is 2. The van der Waals surface area contributed by atoms with Crippen molar-refractivity contribution in [3.8, 4) is 5.75 Å². The molecule has 2 rings (SSSR count). The highest BCUT2D eigenvalue weighted by Crippen LogP contribution is 2.29. The summed E-state index contributed by atoms with van der Waals surface area (Å²) in [6, 6.07) is 8.92. The smallest absolute Gasteiger partial charge is 0.256 e. The lowest BCUT2D eigenvalue weighted by atomic mass is 10.1. The molecule has 0 saturated carbocycles. The van der Waals surface area contributed by atoms with Gasteiger partial charge in [-0.25, -0.2) is 0 Å². The molecule has 0 aliphatic carbocycles. The first-order valence-corrected chi connectivity index (χ1v) is 7.71. The Morgan fingerprint density at radius 3 is 2.57 bits per heavy atom. The number of nitrogens with one attached hydrogen (secondary N) is 1. The summed E-state index contributed by atoms with van der Waals surface area (Å²) in [4.78, 5) is 12.5. The lowest BCUT2D eigenvalue weighted by molar-refractivity contribution is 0.102. The zero-order valence-electron chi connectivity index (χ0n) is 11.5. The van der Waals surface area contributed by atoms with Crippen molar-refractivity contribution in [1.29, 1.82) is 0 Å². The lowest BCUT2D eigenvalue weighted by Gasteiger charge is -2.13. The molecule has 4 nitrogen and oxygen atoms in total. The quantitative estimate of drug-likeness (QED) is 0.734. The third-order valence-electron chi connectivity index (χ3n) is 3.07. The van der Waals surface area contributed by atoms with Gasteiger partial charge in [0.15, 0.2) is 0 Å². The number of benzene rings is 2. The maximum absolute atomic E-state index is 12.5. The van der Waals surface area contributed by atoms with Gasteiger partial charge in [-0.15, -0.1) is 0 Å². The predicted molar refractivity (Wildman–Crippen MR) is 91.9 cm³/mol. The molecule has 0 aliphatic heterocycles. The Labute approximate surface area is 139 Å². The van der Waals surface area contributed by atoms with Crippen LogP contribution in [0.2, 0.25) is 0 Å². The molecule has 0 saturated heterocycles. The minimum atomic E-state index is -0.239. The van der Waals surface area contributed by atoms with Crippen molar-refractivity contribution < 1.29 is 9.53 Å². The Morgan fingerprint density at radius 1 is 1.19 bits per heavy atom. The second-order valence-corrected chi connectivity index (χ2v) is 6.30. The van der Waals surface area contributed by atoms with Gasteiger partial charge in [0.25, 0.3) is 5.91 Å². The molecule has 1 amide bonds. The van der Waals surface area contributed by atoms with Crippen LogP contribution in [-0.2, 0) is 0 Å². The molecular weight excluding hydrogens is 400 g/mol. The Balaban J connectivity index is 2.37. The summed E-state index contributed by atoms with van der Waals surface area (Å²) in [6.07, 6.45) is 0. The molecule has 0 bridgehead atoms. The van der Waals surface area contributed by atoms with Crippen LogP contribution >= 0.6 is 31.9 Å². The molecule has 2 aromatic rings. The second kappa shape index (κ2) is 6.49. The van der Waals surface area contributed by atoms with Crippen LogP contribution in [0, 0.1) is 6.92 Å². The van der Waals surface area contributed by atoms with Crippen molar-refractivity contribution in [1.82, 2.24) is 0 Å². The van der Waals surface area contributed by atoms with Crippen molar-refractivity contribution in [2.45, 2.75) is 6.92 Å². The molecule has 110 valence electrons. The van der Waals surface area contributed by atoms with Crippen LogP contribution in [0.5, 0.6) is 5.75 Å². The highest BCUT2D eigenvalue weighted by Gasteiger charge is 2.14. The number of methoxy groups -OCH3 is 1. The zero-order chi connectivity index (χ0) is 15.6. The fourth-order valence-corrected chi connectivity index (χ4v) is 2.74. The lowest BCUT2D eigenvalue weighted by Crippen LogP contribution is -2.15. The number of hydrogen-bond donors (Lipinski definition) is 2. The molecule has 21 heavy (non-hydrogen) atoms. The Bertz CT molecular complexity index is 702. The largest absolute Gasteiger partial charge is 0.495 e. The van der Waals surface area contributed by atoms with E-state index in [9.17, 15) is 4.79 Å². The number of nitrogens with two attached hydrogens (primary N) is 1. The average molecular weight is 414 g/mol. The van der Waals surface area contributed by atoms with Crippen LogP contribution in [0.15, 0.2) is 39.3 Å². The molecule has 0 aliphatic rings. The van der Waals surface area contributed by atoms with Gasteiger partial charge < -0.3 is 15.8 Å². The number of nitrogen functional groups attached to an aromatic ring is 1. The van der Waals surface area contributed by atoms with Gasteiger partial charge in [-0.1, -0.05) is 31.9 Å². The maximum atomic E-state index is 12.5. The number of amides is 1. The third-order valence-corrected chi connectivity index (χ3v) is 4.02. The van der Waals surface area contributed by atoms with Gasteiger partial charge in [-0.2, -0.15) is 0 Å². The van der Waals surface area contributed by atoms with Gasteiger partial charge in [0.2, 0.25) is 0 Å². The fourth-order valence-electron chi connectivity index (χ4n) is 1.90. The summed E-state index contributed by atoms with van der Waals surface area (Å²) in [5.41, 5.74) is 8.31. The van der Waals surface area contributed by atoms with Crippen molar-refractivity contribution in [2.24, 2.45) is 0 Å². The molecule has 3 N–H and O–H groups in total. The minimum absolute atomic E-state index is 0.239. The van der Waals surface area contributed by atoms with Crippen LogP contribution in [0.1, 0.15) is 15.9 Å². The molecule has 0 unspecified atom stereocenters. The maximum Gasteiger partial charge on any atom is 0.256 e. The zero-order valence-corrected chi connectivity index (χ0v) is 14.7. The molecule has 0 fully saturated rings. The van der Waals surface area contributed by atoms with Crippen molar-refractivity contribution in [3.05, 3.63) is 50.4 Å². The number of carbonyl (C=O) groups excluding carboxylic acids is 1. The van der Waals surface area contributed by atoms with E-state index >= 15 is 0 Å². The summed E-state index contributed by atoms with van der Waals surface area (Å²) >= 11 is 6.72. The number of carbonyl (C=O) groups is 1. The van der Waals surface area contributed by atoms with Crippen LogP contribution in [0.4, 0.5) is 11.4 Å². The monoisotopic (exact) mass is 412 g/mol. The fraction of sp³-hybridized carbons (Fsp3) is 0.133. The number of ether oxygens (including phenoxy) is 1. The highest BCUT2D eigenvalue weighted by atomic mass is 79.9. The van der Waals surface area contributed by atoms with Gasteiger partial charge in [-0.05, 0) is 42.8 Å². The standard InChI is InChI=1S/C15H14Br2N2O2/c1-8-11(5-10(17)6-12(8)18)15(20)19-13-7-9(16)3-4-14(13)21-2/h3-7H,18H2,1-2H3,(H,19,20). The first kappa shape index (κ1) is 15.9. The van der Waals surface area contributed by atoms with E-state index in [1.807, 2.05) is 13.0 Å². The van der Waals surface area contributed by atoms with E-state index < -0.39 is 0 Å². The average Bonchev–Trinajstić information content (AvgIpc) is 2.43. The summed E-state index contributed by atoms with van der Waals surface area (Å²) in [5, 5.41) is 2.84. The normalized spacial score (nSPS) is 10.3. The minimum Gasteiger partial charge on any atom is -0.495 e. The van der Waals surface area contributed by atoms with Crippen LogP contribution in [0.3, 0.4) is 0 Å². The van der Waals surface area contributed by atoms with Gasteiger partial charge in [0.1, 0.15) is 5.75 Å². The van der Waals surface area contributed by atoms with Crippen molar-refractivity contribution in [2.75, 3.05) is 18.2 Å². The van der Waals surface area contributed by atoms with E-state index in [0.717, 1.165) is 14.5 Å². The Morgan fingerprint density at radius 2 is 1.90 bits per heavy atom. The van der Waals surface area contributed by atoms with Gasteiger partial charge in [0.05, 0.1) is 12.8 Å². The number of anilines is 2. The number of rotatable bonds is 3. The summed E-state index contributed by atoms with van der Waals surface area (Å²) in [5.74, 6) is 0.351. The van der Waals surface area contributed by atoms with Crippen LogP contribution in [0.25, 0.3) is 0 Å². The third kappa shape index (κ3) is 3.57. The van der Waals surface area contributed by atoms with E-state index in [1.54, 1.807) is 31.4 Å². The van der Waals surface area contributed by atoms with Crippen LogP contribution < -0.4 is 15.8 Å². The van der Waals surface area contributed by atoms with E-state index in [2.05, 4.69) is 37.2 Å². The van der Waals surface area contributed by atoms with E-state index in [-0.39, 0.29) is 5.91 Å². The number of hydrogen-bond acceptors (Lipinski definition) is 3. The van der Waals surface area contributed by atoms with Gasteiger partial charge in [-0.3, -0.25) is 4.79 Å². The molecule has 0 radical (unpaired) electrons. The van der Waals surface area contributed by atoms with E-state index in [1.165, 1.54) is 0 Å². The molecule has 2 aromatic carbocycles. The summed E-state index contributed by atoms with van der Waals surface area (Å²) in [6.45, 7) is 1.81. The van der Waals surface area contributed by atoms with Crippen molar-refractivity contribution in [3.63, 3.8) is 0 Å². The highest BCUT2D eigenvalue weighted by molar-refractivity contribution is 9.10.